The lowest BCUT2D eigenvalue weighted by Crippen LogP contribution is -2.60. The predicted octanol–water partition coefficient (Wildman–Crippen LogP) is 7.89. The third-order valence-electron chi connectivity index (χ3n) is 14.2. The van der Waals surface area contributed by atoms with Gasteiger partial charge in [0.1, 0.15) is 0 Å². The van der Waals surface area contributed by atoms with Gasteiger partial charge in [-0.2, -0.15) is 0 Å². The lowest BCUT2D eigenvalue weighted by molar-refractivity contribution is -0.204. The molecule has 214 valence electrons. The Labute approximate surface area is 228 Å². The molecule has 0 bridgehead atoms. The molecule has 9 atom stereocenters. The van der Waals surface area contributed by atoms with Crippen LogP contribution >= 0.6 is 0 Å². The summed E-state index contributed by atoms with van der Waals surface area (Å²) in [5.74, 6) is 4.53. The van der Waals surface area contributed by atoms with Gasteiger partial charge in [-0.15, -0.1) is 0 Å². The normalized spacial score (nSPS) is 48.0. The molecule has 0 spiro atoms. The SMILES string of the molecule is C[C@H](CCC1(O)CCC(C)(C)CC1)[C@H]1CC[C@H]2[C@@H]3CC[C@H]4C[C@](O)(C(C)(C)O)CC[C@]4(C)[C@H]3CC[C@]12C. The molecule has 0 aromatic heterocycles. The van der Waals surface area contributed by atoms with Gasteiger partial charge in [0.15, 0.2) is 0 Å². The minimum Gasteiger partial charge on any atom is -0.390 e. The number of fused-ring (bicyclic) bond motifs is 5. The maximum absolute atomic E-state index is 11.4. The maximum Gasteiger partial charge on any atom is 0.0930 e. The van der Waals surface area contributed by atoms with Gasteiger partial charge in [-0.25, -0.2) is 0 Å². The molecule has 0 aromatic carbocycles. The summed E-state index contributed by atoms with van der Waals surface area (Å²) >= 11 is 0. The number of hydrogen-bond donors (Lipinski definition) is 3. The molecule has 3 heteroatoms. The molecule has 0 amide bonds. The van der Waals surface area contributed by atoms with Crippen LogP contribution in [0, 0.1) is 51.8 Å². The van der Waals surface area contributed by atoms with Crippen LogP contribution in [0.15, 0.2) is 0 Å². The van der Waals surface area contributed by atoms with Gasteiger partial charge in [-0.3, -0.25) is 0 Å². The van der Waals surface area contributed by atoms with Gasteiger partial charge < -0.3 is 15.3 Å². The van der Waals surface area contributed by atoms with Crippen molar-refractivity contribution in [3.8, 4) is 0 Å². The zero-order chi connectivity index (χ0) is 27.1. The highest BCUT2D eigenvalue weighted by atomic mass is 16.4. The fourth-order valence-corrected chi connectivity index (χ4v) is 11.1. The molecule has 0 radical (unpaired) electrons. The number of hydrogen-bond acceptors (Lipinski definition) is 3. The average molecular weight is 517 g/mol. The summed E-state index contributed by atoms with van der Waals surface area (Å²) in [6.07, 6.45) is 17.1. The predicted molar refractivity (Wildman–Crippen MR) is 152 cm³/mol. The highest BCUT2D eigenvalue weighted by Gasteiger charge is 2.62. The van der Waals surface area contributed by atoms with Crippen molar-refractivity contribution in [1.82, 2.24) is 0 Å². The van der Waals surface area contributed by atoms with Crippen LogP contribution in [0.25, 0.3) is 0 Å². The van der Waals surface area contributed by atoms with E-state index in [1.165, 1.54) is 44.9 Å². The van der Waals surface area contributed by atoms with Gasteiger partial charge in [-0.05, 0) is 162 Å². The summed E-state index contributed by atoms with van der Waals surface area (Å²) in [6.45, 7) is 16.1. The lowest BCUT2D eigenvalue weighted by Gasteiger charge is -2.63. The van der Waals surface area contributed by atoms with Crippen molar-refractivity contribution in [2.75, 3.05) is 0 Å². The second-order valence-electron chi connectivity index (χ2n) is 17.1. The molecule has 3 nitrogen and oxygen atoms in total. The van der Waals surface area contributed by atoms with E-state index in [0.717, 1.165) is 75.0 Å². The molecular weight excluding hydrogens is 456 g/mol. The van der Waals surface area contributed by atoms with Gasteiger partial charge >= 0.3 is 0 Å². The summed E-state index contributed by atoms with van der Waals surface area (Å²) in [4.78, 5) is 0. The molecule has 5 saturated carbocycles. The van der Waals surface area contributed by atoms with Gasteiger partial charge in [-0.1, -0.05) is 34.6 Å². The topological polar surface area (TPSA) is 60.7 Å². The Bertz CT molecular complexity index is 832. The van der Waals surface area contributed by atoms with E-state index in [1.807, 2.05) is 0 Å². The fourth-order valence-electron chi connectivity index (χ4n) is 11.1. The molecule has 5 rings (SSSR count). The highest BCUT2D eigenvalue weighted by Crippen LogP contribution is 2.69. The molecule has 3 N–H and O–H groups in total. The number of aliphatic hydroxyl groups is 3. The summed E-state index contributed by atoms with van der Waals surface area (Å²) in [5.41, 5.74) is -1.18. The van der Waals surface area contributed by atoms with Crippen LogP contribution < -0.4 is 0 Å². The molecule has 0 unspecified atom stereocenters. The Kier molecular flexibility index (Phi) is 7.06. The molecule has 5 aliphatic rings. The number of rotatable bonds is 5. The maximum atomic E-state index is 11.4. The van der Waals surface area contributed by atoms with E-state index in [9.17, 15) is 15.3 Å². The van der Waals surface area contributed by atoms with Gasteiger partial charge in [0.05, 0.1) is 16.8 Å². The lowest BCUT2D eigenvalue weighted by atomic mass is 9.43. The summed E-state index contributed by atoms with van der Waals surface area (Å²) in [5, 5.41) is 33.4. The van der Waals surface area contributed by atoms with E-state index in [1.54, 1.807) is 13.8 Å². The van der Waals surface area contributed by atoms with E-state index in [0.29, 0.717) is 28.1 Å². The van der Waals surface area contributed by atoms with Crippen molar-refractivity contribution in [3.05, 3.63) is 0 Å². The van der Waals surface area contributed by atoms with Gasteiger partial charge in [0, 0.05) is 0 Å². The van der Waals surface area contributed by atoms with Crippen LogP contribution in [-0.4, -0.2) is 32.1 Å². The summed E-state index contributed by atoms with van der Waals surface area (Å²) in [7, 11) is 0. The third-order valence-corrected chi connectivity index (χ3v) is 14.2. The fraction of sp³-hybridized carbons (Fsp3) is 1.00. The van der Waals surface area contributed by atoms with Crippen LogP contribution in [0.1, 0.15) is 145 Å². The molecule has 0 aromatic rings. The van der Waals surface area contributed by atoms with Crippen molar-refractivity contribution in [1.29, 1.82) is 0 Å². The minimum atomic E-state index is -1.02. The van der Waals surface area contributed by atoms with E-state index in [-0.39, 0.29) is 0 Å². The first-order valence-corrected chi connectivity index (χ1v) is 16.2. The van der Waals surface area contributed by atoms with Crippen LogP contribution in [0.2, 0.25) is 0 Å². The molecule has 5 fully saturated rings. The largest absolute Gasteiger partial charge is 0.390 e. The van der Waals surface area contributed by atoms with Crippen LogP contribution in [0.4, 0.5) is 0 Å². The van der Waals surface area contributed by atoms with Crippen LogP contribution in [0.3, 0.4) is 0 Å². The minimum absolute atomic E-state index is 0.323. The zero-order valence-corrected chi connectivity index (χ0v) is 25.4. The van der Waals surface area contributed by atoms with Crippen molar-refractivity contribution in [2.45, 2.75) is 162 Å². The van der Waals surface area contributed by atoms with E-state index >= 15 is 0 Å². The van der Waals surface area contributed by atoms with E-state index < -0.39 is 16.8 Å². The quantitative estimate of drug-likeness (QED) is 0.348. The van der Waals surface area contributed by atoms with E-state index in [2.05, 4.69) is 34.6 Å². The van der Waals surface area contributed by atoms with Crippen LogP contribution in [-0.2, 0) is 0 Å². The zero-order valence-electron chi connectivity index (χ0n) is 25.4. The first-order chi connectivity index (χ1) is 17.0. The molecule has 37 heavy (non-hydrogen) atoms. The van der Waals surface area contributed by atoms with E-state index in [4.69, 9.17) is 0 Å². The standard InChI is InChI=1S/C34H60O3/c1-23(12-15-33(36)19-16-29(2,3)17-20-33)26-10-11-27-25-9-8-24-22-34(37,30(4,5)35)21-18-31(24,6)28(25)13-14-32(26,27)7/h23-28,35-37H,8-22H2,1-7H3/t23-,24+,25+,26-,27+,28+,31+,32-,34+/m1/s1. The smallest absolute Gasteiger partial charge is 0.0930 e. The van der Waals surface area contributed by atoms with Crippen molar-refractivity contribution < 1.29 is 15.3 Å². The average Bonchev–Trinajstić information content (AvgIpc) is 3.17. The van der Waals surface area contributed by atoms with Crippen LogP contribution in [0.5, 0.6) is 0 Å². The summed E-state index contributed by atoms with van der Waals surface area (Å²) < 4.78 is 0. The Morgan fingerprint density at radius 1 is 0.757 bits per heavy atom. The monoisotopic (exact) mass is 516 g/mol. The second-order valence-corrected chi connectivity index (χ2v) is 17.1. The first-order valence-electron chi connectivity index (χ1n) is 16.2. The third kappa shape index (κ3) is 4.77. The highest BCUT2D eigenvalue weighted by molar-refractivity contribution is 5.12. The molecule has 0 aliphatic heterocycles. The van der Waals surface area contributed by atoms with Crippen molar-refractivity contribution in [2.24, 2.45) is 51.8 Å². The van der Waals surface area contributed by atoms with Crippen molar-refractivity contribution >= 4 is 0 Å². The van der Waals surface area contributed by atoms with Gasteiger partial charge in [0.25, 0.3) is 0 Å². The second kappa shape index (κ2) is 9.20. The van der Waals surface area contributed by atoms with Crippen molar-refractivity contribution in [3.63, 3.8) is 0 Å². The Balaban J connectivity index is 1.24. The first kappa shape index (κ1) is 28.4. The van der Waals surface area contributed by atoms with Gasteiger partial charge in [0.2, 0.25) is 0 Å². The summed E-state index contributed by atoms with van der Waals surface area (Å²) in [6, 6.07) is 0. The molecule has 0 heterocycles. The Morgan fingerprint density at radius 3 is 2.05 bits per heavy atom. The Hall–Kier alpha value is -0.120. The molecule has 0 saturated heterocycles. The molecule has 5 aliphatic carbocycles. The Morgan fingerprint density at radius 2 is 1.41 bits per heavy atom. The molecular formula is C34H60O3.